The molecule has 0 fully saturated rings. The molecular weight excluding hydrogens is 368 g/mol. The zero-order valence-corrected chi connectivity index (χ0v) is 18.3. The van der Waals surface area contributed by atoms with E-state index in [1.165, 1.54) is 9.75 Å². The minimum absolute atomic E-state index is 0.0291. The average molecular weight is 401 g/mol. The number of thiophene rings is 1. The average Bonchev–Trinajstić information content (AvgIpc) is 3.09. The van der Waals surface area contributed by atoms with Crippen LogP contribution in [0.25, 0.3) is 0 Å². The first-order valence-electron chi connectivity index (χ1n) is 9.83. The molecule has 2 unspecified atom stereocenters. The molecule has 2 atom stereocenters. The van der Waals surface area contributed by atoms with Gasteiger partial charge in [0.05, 0.1) is 0 Å². The fourth-order valence-electron chi connectivity index (χ4n) is 2.79. The molecule has 28 heavy (non-hydrogen) atoms. The fourth-order valence-corrected chi connectivity index (χ4v) is 3.81. The second-order valence-corrected chi connectivity index (χ2v) is 8.54. The lowest BCUT2D eigenvalue weighted by Gasteiger charge is -2.18. The molecule has 0 radical (unpaired) electrons. The summed E-state index contributed by atoms with van der Waals surface area (Å²) in [6, 6.07) is 12.5. The Labute approximate surface area is 172 Å². The second kappa shape index (κ2) is 10.9. The standard InChI is InChI=1S/C22H32N4OS/c1-6-15(2)25-21(27)19-9-7-8-18(13-19)14-24-22(23-5)26-16(3)12-20-11-10-17(4)28-20/h7-11,13,15-16H,6,12,14H2,1-5H3,(H,25,27)(H2,23,24,26). The van der Waals surface area contributed by atoms with Crippen LogP contribution in [0.4, 0.5) is 0 Å². The topological polar surface area (TPSA) is 65.5 Å². The van der Waals surface area contributed by atoms with E-state index in [9.17, 15) is 4.79 Å². The van der Waals surface area contributed by atoms with Crippen LogP contribution in [-0.4, -0.2) is 31.0 Å². The Balaban J connectivity index is 1.88. The van der Waals surface area contributed by atoms with Crippen molar-refractivity contribution in [1.82, 2.24) is 16.0 Å². The highest BCUT2D eigenvalue weighted by Gasteiger charge is 2.10. The first-order chi connectivity index (χ1) is 13.4. The van der Waals surface area contributed by atoms with Crippen LogP contribution in [0.15, 0.2) is 41.4 Å². The molecule has 1 aromatic heterocycles. The Morgan fingerprint density at radius 3 is 2.57 bits per heavy atom. The normalized spacial score (nSPS) is 13.7. The number of nitrogens with one attached hydrogen (secondary N) is 3. The van der Waals surface area contributed by atoms with Gasteiger partial charge in [-0.05, 0) is 57.0 Å². The van der Waals surface area contributed by atoms with Gasteiger partial charge >= 0.3 is 0 Å². The minimum atomic E-state index is -0.0291. The van der Waals surface area contributed by atoms with Gasteiger partial charge in [-0.3, -0.25) is 9.79 Å². The molecule has 3 N–H and O–H groups in total. The van der Waals surface area contributed by atoms with E-state index in [4.69, 9.17) is 0 Å². The lowest BCUT2D eigenvalue weighted by Crippen LogP contribution is -2.42. The molecule has 152 valence electrons. The van der Waals surface area contributed by atoms with Crippen LogP contribution in [0.5, 0.6) is 0 Å². The van der Waals surface area contributed by atoms with Crippen molar-refractivity contribution in [3.63, 3.8) is 0 Å². The molecule has 0 bridgehead atoms. The number of nitrogens with zero attached hydrogens (tertiary/aromatic N) is 1. The van der Waals surface area contributed by atoms with E-state index in [1.54, 1.807) is 7.05 Å². The van der Waals surface area contributed by atoms with Crippen molar-refractivity contribution < 1.29 is 4.79 Å². The summed E-state index contributed by atoms with van der Waals surface area (Å²) in [5.41, 5.74) is 1.73. The Kier molecular flexibility index (Phi) is 8.51. The summed E-state index contributed by atoms with van der Waals surface area (Å²) in [5.74, 6) is 0.730. The van der Waals surface area contributed by atoms with E-state index in [2.05, 4.69) is 53.8 Å². The summed E-state index contributed by atoms with van der Waals surface area (Å²) < 4.78 is 0. The van der Waals surface area contributed by atoms with E-state index >= 15 is 0 Å². The first-order valence-corrected chi connectivity index (χ1v) is 10.6. The number of hydrogen-bond donors (Lipinski definition) is 3. The summed E-state index contributed by atoms with van der Waals surface area (Å²) in [6.45, 7) is 8.96. The molecule has 0 aliphatic carbocycles. The van der Waals surface area contributed by atoms with Crippen LogP contribution in [0.1, 0.15) is 52.9 Å². The molecule has 0 saturated heterocycles. The number of guanidine groups is 1. The van der Waals surface area contributed by atoms with Gasteiger partial charge in [0.25, 0.3) is 5.91 Å². The molecule has 1 amide bonds. The third-order valence-electron chi connectivity index (χ3n) is 4.55. The molecule has 5 nitrogen and oxygen atoms in total. The van der Waals surface area contributed by atoms with Crippen molar-refractivity contribution in [3.8, 4) is 0 Å². The Hall–Kier alpha value is -2.34. The van der Waals surface area contributed by atoms with Gasteiger partial charge in [0.2, 0.25) is 0 Å². The predicted octanol–water partition coefficient (Wildman–Crippen LogP) is 3.88. The number of amides is 1. The molecule has 1 aromatic carbocycles. The van der Waals surface area contributed by atoms with Crippen LogP contribution in [0.2, 0.25) is 0 Å². The van der Waals surface area contributed by atoms with Crippen molar-refractivity contribution in [1.29, 1.82) is 0 Å². The van der Waals surface area contributed by atoms with Gasteiger partial charge in [-0.2, -0.15) is 0 Å². The third kappa shape index (κ3) is 7.00. The zero-order valence-electron chi connectivity index (χ0n) is 17.5. The minimum Gasteiger partial charge on any atom is -0.354 e. The second-order valence-electron chi connectivity index (χ2n) is 7.17. The molecule has 0 spiro atoms. The summed E-state index contributed by atoms with van der Waals surface area (Å²) in [5, 5.41) is 9.77. The van der Waals surface area contributed by atoms with E-state index in [0.29, 0.717) is 12.1 Å². The smallest absolute Gasteiger partial charge is 0.251 e. The van der Waals surface area contributed by atoms with Gasteiger partial charge in [0, 0.05) is 47.4 Å². The van der Waals surface area contributed by atoms with Crippen LogP contribution in [0.3, 0.4) is 0 Å². The number of aryl methyl sites for hydroxylation is 1. The van der Waals surface area contributed by atoms with Crippen molar-refractivity contribution in [2.75, 3.05) is 7.05 Å². The quantitative estimate of drug-likeness (QED) is 0.465. The van der Waals surface area contributed by atoms with E-state index in [-0.39, 0.29) is 18.0 Å². The number of carbonyl (C=O) groups is 1. The van der Waals surface area contributed by atoms with Gasteiger partial charge in [-0.15, -0.1) is 11.3 Å². The molecule has 0 aliphatic rings. The molecular formula is C22H32N4OS. The number of benzene rings is 1. The van der Waals surface area contributed by atoms with Crippen molar-refractivity contribution in [2.24, 2.45) is 4.99 Å². The lowest BCUT2D eigenvalue weighted by atomic mass is 10.1. The Bertz CT molecular complexity index is 799. The van der Waals surface area contributed by atoms with Gasteiger partial charge in [-0.1, -0.05) is 19.1 Å². The maximum atomic E-state index is 12.3. The molecule has 2 rings (SSSR count). The largest absolute Gasteiger partial charge is 0.354 e. The number of rotatable bonds is 8. The van der Waals surface area contributed by atoms with E-state index < -0.39 is 0 Å². The molecule has 0 saturated carbocycles. The highest BCUT2D eigenvalue weighted by Crippen LogP contribution is 2.16. The number of aliphatic imine (C=N–C) groups is 1. The van der Waals surface area contributed by atoms with Crippen molar-refractivity contribution in [2.45, 2.75) is 59.2 Å². The van der Waals surface area contributed by atoms with Gasteiger partial charge in [-0.25, -0.2) is 0 Å². The van der Waals surface area contributed by atoms with Crippen molar-refractivity contribution in [3.05, 3.63) is 57.3 Å². The van der Waals surface area contributed by atoms with E-state index in [1.807, 2.05) is 42.5 Å². The van der Waals surface area contributed by atoms with Gasteiger partial charge < -0.3 is 16.0 Å². The Morgan fingerprint density at radius 2 is 1.93 bits per heavy atom. The summed E-state index contributed by atoms with van der Waals surface area (Å²) >= 11 is 1.83. The fraction of sp³-hybridized carbons (Fsp3) is 0.455. The highest BCUT2D eigenvalue weighted by atomic mass is 32.1. The lowest BCUT2D eigenvalue weighted by molar-refractivity contribution is 0.0939. The SMILES string of the molecule is CCC(C)NC(=O)c1cccc(CNC(=NC)NC(C)Cc2ccc(C)s2)c1. The predicted molar refractivity (Wildman–Crippen MR) is 119 cm³/mol. The summed E-state index contributed by atoms with van der Waals surface area (Å²) in [4.78, 5) is 19.3. The monoisotopic (exact) mass is 400 g/mol. The van der Waals surface area contributed by atoms with Gasteiger partial charge in [0.1, 0.15) is 0 Å². The zero-order chi connectivity index (χ0) is 20.5. The molecule has 6 heteroatoms. The first kappa shape index (κ1) is 22.0. The number of hydrogen-bond acceptors (Lipinski definition) is 3. The van der Waals surface area contributed by atoms with Crippen LogP contribution < -0.4 is 16.0 Å². The maximum Gasteiger partial charge on any atom is 0.251 e. The maximum absolute atomic E-state index is 12.3. The highest BCUT2D eigenvalue weighted by molar-refractivity contribution is 7.11. The molecule has 1 heterocycles. The van der Waals surface area contributed by atoms with Crippen LogP contribution in [0, 0.1) is 6.92 Å². The van der Waals surface area contributed by atoms with Crippen LogP contribution in [-0.2, 0) is 13.0 Å². The van der Waals surface area contributed by atoms with Gasteiger partial charge in [0.15, 0.2) is 5.96 Å². The molecule has 2 aromatic rings. The summed E-state index contributed by atoms with van der Waals surface area (Å²) in [6.07, 6.45) is 1.88. The van der Waals surface area contributed by atoms with Crippen LogP contribution >= 0.6 is 11.3 Å². The summed E-state index contributed by atoms with van der Waals surface area (Å²) in [7, 11) is 1.77. The van der Waals surface area contributed by atoms with E-state index in [0.717, 1.165) is 24.4 Å². The number of carbonyl (C=O) groups excluding carboxylic acids is 1. The van der Waals surface area contributed by atoms with Crippen molar-refractivity contribution >= 4 is 23.2 Å². The molecule has 0 aliphatic heterocycles. The third-order valence-corrected chi connectivity index (χ3v) is 5.57. The Morgan fingerprint density at radius 1 is 1.14 bits per heavy atom.